The lowest BCUT2D eigenvalue weighted by Crippen LogP contribution is -2.53. The van der Waals surface area contributed by atoms with E-state index in [4.69, 9.17) is 9.47 Å². The third-order valence-electron chi connectivity index (χ3n) is 8.67. The van der Waals surface area contributed by atoms with Crippen LogP contribution >= 0.6 is 18.5 Å². The molecule has 2 N–H and O–H groups in total. The summed E-state index contributed by atoms with van der Waals surface area (Å²) in [5.41, 5.74) is 1.39. The number of fused-ring (bicyclic) bond motifs is 1. The van der Waals surface area contributed by atoms with Gasteiger partial charge in [0.2, 0.25) is 0 Å². The van der Waals surface area contributed by atoms with Gasteiger partial charge in [0.25, 0.3) is 0 Å². The Labute approximate surface area is 272 Å². The second-order valence-electron chi connectivity index (χ2n) is 12.7. The molecule has 250 valence electrons. The molecule has 46 heavy (non-hydrogen) atoms. The van der Waals surface area contributed by atoms with Crippen molar-refractivity contribution < 1.29 is 31.6 Å². The van der Waals surface area contributed by atoms with Gasteiger partial charge in [-0.2, -0.15) is 13.2 Å². The van der Waals surface area contributed by atoms with Crippen LogP contribution in [0.2, 0.25) is 0 Å². The Morgan fingerprint density at radius 2 is 1.87 bits per heavy atom. The average molecular weight is 680 g/mol. The Morgan fingerprint density at radius 3 is 2.52 bits per heavy atom. The summed E-state index contributed by atoms with van der Waals surface area (Å²) in [6, 6.07) is 10.3. The molecular weight excluding hydrogens is 637 g/mol. The summed E-state index contributed by atoms with van der Waals surface area (Å²) in [5, 5.41) is 7.65. The summed E-state index contributed by atoms with van der Waals surface area (Å²) in [7, 11) is -0.965. The summed E-state index contributed by atoms with van der Waals surface area (Å²) in [6.07, 6.45) is -4.01. The van der Waals surface area contributed by atoms with Crippen molar-refractivity contribution in [3.63, 3.8) is 0 Å². The number of thiophene rings is 1. The van der Waals surface area contributed by atoms with Gasteiger partial charge in [-0.3, -0.25) is 4.90 Å². The van der Waals surface area contributed by atoms with E-state index in [1.807, 2.05) is 0 Å². The second kappa shape index (κ2) is 14.1. The monoisotopic (exact) mass is 679 g/mol. The fourth-order valence-corrected chi connectivity index (χ4v) is 8.51. The van der Waals surface area contributed by atoms with Gasteiger partial charge in [-0.05, 0) is 81.7 Å². The third-order valence-corrected chi connectivity index (χ3v) is 11.4. The largest absolute Gasteiger partial charge is 0.495 e. The Hall–Kier alpha value is -2.77. The van der Waals surface area contributed by atoms with Crippen molar-refractivity contribution in [3.8, 4) is 17.6 Å². The molecule has 0 aliphatic carbocycles. The van der Waals surface area contributed by atoms with E-state index in [9.17, 15) is 17.7 Å². The van der Waals surface area contributed by atoms with Crippen LogP contribution in [0.15, 0.2) is 36.4 Å². The summed E-state index contributed by atoms with van der Waals surface area (Å²) >= 11 is 1.20. The molecule has 3 aromatic rings. The molecule has 2 aliphatic rings. The topological polar surface area (TPSA) is 62.8 Å². The van der Waals surface area contributed by atoms with Crippen molar-refractivity contribution in [2.75, 3.05) is 50.7 Å². The van der Waals surface area contributed by atoms with Gasteiger partial charge in [0.05, 0.1) is 59.3 Å². The van der Waals surface area contributed by atoms with Crippen molar-refractivity contribution in [1.29, 1.82) is 0 Å². The van der Waals surface area contributed by atoms with Gasteiger partial charge < -0.3 is 24.7 Å². The Kier molecular flexibility index (Phi) is 10.6. The first kappa shape index (κ1) is 34.6. The molecule has 2 aliphatic heterocycles. The molecule has 6 nitrogen and oxygen atoms in total. The highest BCUT2D eigenvalue weighted by Gasteiger charge is 2.36. The summed E-state index contributed by atoms with van der Waals surface area (Å²) in [5.74, 6) is 6.43. The molecule has 0 saturated carbocycles. The van der Waals surface area contributed by atoms with Crippen LogP contribution in [-0.4, -0.2) is 81.6 Å². The van der Waals surface area contributed by atoms with E-state index in [-0.39, 0.29) is 30.4 Å². The molecule has 0 spiro atoms. The van der Waals surface area contributed by atoms with Crippen LogP contribution in [0.1, 0.15) is 43.6 Å². The van der Waals surface area contributed by atoms with Gasteiger partial charge in [-0.1, -0.05) is 24.0 Å². The maximum absolute atomic E-state index is 15.6. The molecule has 2 aromatic carbocycles. The molecule has 2 saturated heterocycles. The van der Waals surface area contributed by atoms with Crippen LogP contribution in [0.4, 0.5) is 28.9 Å². The van der Waals surface area contributed by atoms with Crippen LogP contribution in [0, 0.1) is 11.8 Å². The predicted octanol–water partition coefficient (Wildman–Crippen LogP) is 7.51. The molecule has 4 unspecified atom stereocenters. The van der Waals surface area contributed by atoms with E-state index in [2.05, 4.69) is 41.2 Å². The third kappa shape index (κ3) is 8.38. The lowest BCUT2D eigenvalue weighted by atomic mass is 9.94. The minimum atomic E-state index is -4.42. The number of hydrogen-bond acceptors (Lipinski definition) is 7. The summed E-state index contributed by atoms with van der Waals surface area (Å²) in [6.45, 7) is 8.69. The highest BCUT2D eigenvalue weighted by molar-refractivity contribution is 7.70. The number of hydrogen-bond donors (Lipinski definition) is 2. The Balaban J connectivity index is 1.33. The van der Waals surface area contributed by atoms with Gasteiger partial charge in [0.15, 0.2) is 0 Å². The number of benzene rings is 2. The maximum Gasteiger partial charge on any atom is 0.393 e. The fourth-order valence-electron chi connectivity index (χ4n) is 6.48. The second-order valence-corrected chi connectivity index (χ2v) is 16.9. The van der Waals surface area contributed by atoms with Crippen LogP contribution in [0.25, 0.3) is 10.1 Å². The molecular formula is C34H42F4N3O3PS. The molecule has 3 heterocycles. The van der Waals surface area contributed by atoms with E-state index in [0.717, 1.165) is 19.4 Å². The molecule has 5 rings (SSSR count). The first-order chi connectivity index (χ1) is 21.7. The van der Waals surface area contributed by atoms with E-state index < -0.39 is 32.0 Å². The number of piperidine rings is 1. The average Bonchev–Trinajstić information content (AvgIpc) is 3.31. The van der Waals surface area contributed by atoms with Crippen LogP contribution in [-0.2, 0) is 15.7 Å². The van der Waals surface area contributed by atoms with Crippen molar-refractivity contribution in [2.45, 2.75) is 76.2 Å². The van der Waals surface area contributed by atoms with Crippen molar-refractivity contribution in [2.24, 2.45) is 0 Å². The zero-order chi connectivity index (χ0) is 33.2. The minimum Gasteiger partial charge on any atom is -0.495 e. The molecule has 4 atom stereocenters. The van der Waals surface area contributed by atoms with Gasteiger partial charge in [-0.15, -0.1) is 11.3 Å². The van der Waals surface area contributed by atoms with Crippen molar-refractivity contribution in [1.82, 2.24) is 4.90 Å². The number of ether oxygens (including phenoxy) is 2. The van der Waals surface area contributed by atoms with E-state index in [1.54, 1.807) is 49.7 Å². The zero-order valence-corrected chi connectivity index (χ0v) is 28.6. The van der Waals surface area contributed by atoms with Gasteiger partial charge in [0, 0.05) is 24.4 Å². The molecule has 2 fully saturated rings. The van der Waals surface area contributed by atoms with Gasteiger partial charge in [0.1, 0.15) is 19.1 Å². The highest BCUT2D eigenvalue weighted by atomic mass is 32.1. The first-order valence-electron chi connectivity index (χ1n) is 15.6. The predicted molar refractivity (Wildman–Crippen MR) is 181 cm³/mol. The molecule has 12 heteroatoms. The maximum atomic E-state index is 15.6. The van der Waals surface area contributed by atoms with Crippen molar-refractivity contribution >= 4 is 45.2 Å². The Bertz CT molecular complexity index is 1640. The number of likely N-dealkylation sites (tertiary alicyclic amines) is 1. The highest BCUT2D eigenvalue weighted by Crippen LogP contribution is 2.40. The number of methoxy groups -OCH3 is 1. The quantitative estimate of drug-likeness (QED) is 0.146. The number of rotatable bonds is 8. The van der Waals surface area contributed by atoms with E-state index in [0.29, 0.717) is 50.4 Å². The molecule has 0 bridgehead atoms. The van der Waals surface area contributed by atoms with Crippen LogP contribution < -0.4 is 20.7 Å². The standard InChI is InChI=1S/C34H42F4N3O3PS/c1-21-16-23(17-22(2)44-21)41-15-13-28(27(35)20-41)40-30-9-6-8-25-26(19-34(36,37)38)32(46-33(25)30)10-7-14-39-29-12-11-24(45(4,5)42)18-31(29)43-3/h6,8-9,11-12,18,21-23,27-28,39-40H,13-17,19-20H2,1-5H3. The first-order valence-corrected chi connectivity index (χ1v) is 19.0. The van der Waals surface area contributed by atoms with E-state index >= 15 is 4.39 Å². The summed E-state index contributed by atoms with van der Waals surface area (Å²) < 4.78 is 81.2. The van der Waals surface area contributed by atoms with Crippen LogP contribution in [0.3, 0.4) is 0 Å². The molecule has 1 aromatic heterocycles. The number of halogens is 4. The van der Waals surface area contributed by atoms with Gasteiger partial charge in [-0.25, -0.2) is 4.39 Å². The number of nitrogens with zero attached hydrogens (tertiary/aromatic N) is 1. The smallest absolute Gasteiger partial charge is 0.393 e. The normalized spacial score (nSPS) is 24.3. The molecule has 0 amide bonds. The SMILES string of the molecule is COc1cc(P(C)(C)=O)ccc1NCC#Cc1sc2c(NC3CCN(C4CC(C)OC(C)C4)CC3F)cccc2c1CC(F)(F)F. The Morgan fingerprint density at radius 1 is 1.13 bits per heavy atom. The van der Waals surface area contributed by atoms with Crippen molar-refractivity contribution in [3.05, 3.63) is 46.8 Å². The minimum absolute atomic E-state index is 0.126. The van der Waals surface area contributed by atoms with E-state index in [1.165, 1.54) is 18.4 Å². The molecule has 0 radical (unpaired) electrons. The number of nitrogens with one attached hydrogen (secondary N) is 2. The summed E-state index contributed by atoms with van der Waals surface area (Å²) in [4.78, 5) is 2.56. The fraction of sp³-hybridized carbons (Fsp3) is 0.529. The van der Waals surface area contributed by atoms with Gasteiger partial charge >= 0.3 is 6.18 Å². The number of anilines is 2. The van der Waals surface area contributed by atoms with Crippen LogP contribution in [0.5, 0.6) is 5.75 Å². The number of alkyl halides is 4. The lowest BCUT2D eigenvalue weighted by Gasteiger charge is -2.43. The lowest BCUT2D eigenvalue weighted by molar-refractivity contribution is -0.126. The zero-order valence-electron chi connectivity index (χ0n) is 26.8.